The van der Waals surface area contributed by atoms with Crippen molar-refractivity contribution in [2.45, 2.75) is 90.3 Å². The Kier molecular flexibility index (Phi) is 8.75. The van der Waals surface area contributed by atoms with Crippen LogP contribution in [0.4, 0.5) is 0 Å². The molecule has 2 saturated heterocycles. The molecule has 22 heavy (non-hydrogen) atoms. The molecule has 0 spiro atoms. The van der Waals surface area contributed by atoms with Gasteiger partial charge < -0.3 is 18.9 Å². The zero-order valence-corrected chi connectivity index (χ0v) is 14.4. The van der Waals surface area contributed by atoms with Crippen molar-refractivity contribution in [3.63, 3.8) is 0 Å². The van der Waals surface area contributed by atoms with E-state index in [1.807, 2.05) is 0 Å². The molecule has 2 aliphatic rings. The molecule has 0 aromatic heterocycles. The number of hydrogen-bond donors (Lipinski definition) is 0. The molecule has 0 aromatic carbocycles. The highest BCUT2D eigenvalue weighted by atomic mass is 16.7. The van der Waals surface area contributed by atoms with Gasteiger partial charge in [-0.25, -0.2) is 0 Å². The van der Waals surface area contributed by atoms with Gasteiger partial charge in [-0.05, 0) is 51.4 Å². The molecule has 0 bridgehead atoms. The second-order valence-electron chi connectivity index (χ2n) is 6.56. The SMILES string of the molecule is CCCC(OC1CCCCO1)C(CC)COC1CCCCO1. The van der Waals surface area contributed by atoms with Gasteiger partial charge in [0.2, 0.25) is 0 Å². The lowest BCUT2D eigenvalue weighted by atomic mass is 9.96. The monoisotopic (exact) mass is 314 g/mol. The summed E-state index contributed by atoms with van der Waals surface area (Å²) < 4.78 is 23.7. The van der Waals surface area contributed by atoms with Gasteiger partial charge in [-0.2, -0.15) is 0 Å². The van der Waals surface area contributed by atoms with E-state index in [1.54, 1.807) is 0 Å². The van der Waals surface area contributed by atoms with E-state index < -0.39 is 0 Å². The Morgan fingerprint density at radius 2 is 1.64 bits per heavy atom. The van der Waals surface area contributed by atoms with Crippen LogP contribution in [0.25, 0.3) is 0 Å². The fraction of sp³-hybridized carbons (Fsp3) is 1.00. The highest BCUT2D eigenvalue weighted by Gasteiger charge is 2.27. The first-order chi connectivity index (χ1) is 10.8. The molecular formula is C18H34O4. The van der Waals surface area contributed by atoms with Crippen LogP contribution in [0.2, 0.25) is 0 Å². The van der Waals surface area contributed by atoms with Gasteiger partial charge in [0.15, 0.2) is 12.6 Å². The molecule has 4 atom stereocenters. The van der Waals surface area contributed by atoms with Crippen molar-refractivity contribution in [2.24, 2.45) is 5.92 Å². The lowest BCUT2D eigenvalue weighted by Gasteiger charge is -2.33. The highest BCUT2D eigenvalue weighted by molar-refractivity contribution is 4.71. The quantitative estimate of drug-likeness (QED) is 0.637. The summed E-state index contributed by atoms with van der Waals surface area (Å²) in [6, 6.07) is 0. The van der Waals surface area contributed by atoms with Crippen molar-refractivity contribution < 1.29 is 18.9 Å². The molecule has 0 amide bonds. The van der Waals surface area contributed by atoms with E-state index in [0.29, 0.717) is 5.92 Å². The van der Waals surface area contributed by atoms with Crippen molar-refractivity contribution in [3.05, 3.63) is 0 Å². The Labute approximate surface area is 135 Å². The van der Waals surface area contributed by atoms with Crippen LogP contribution in [0.5, 0.6) is 0 Å². The summed E-state index contributed by atoms with van der Waals surface area (Å²) in [5.74, 6) is 0.427. The van der Waals surface area contributed by atoms with Crippen molar-refractivity contribution >= 4 is 0 Å². The third kappa shape index (κ3) is 6.15. The van der Waals surface area contributed by atoms with Crippen LogP contribution in [-0.2, 0) is 18.9 Å². The maximum absolute atomic E-state index is 6.28. The summed E-state index contributed by atoms with van der Waals surface area (Å²) >= 11 is 0. The van der Waals surface area contributed by atoms with E-state index in [0.717, 1.165) is 64.8 Å². The fourth-order valence-corrected chi connectivity index (χ4v) is 3.27. The van der Waals surface area contributed by atoms with Crippen LogP contribution in [0, 0.1) is 5.92 Å². The second kappa shape index (κ2) is 10.6. The van der Waals surface area contributed by atoms with Gasteiger partial charge in [-0.1, -0.05) is 20.3 Å². The molecule has 4 heteroatoms. The Bertz CT molecular complexity index is 272. The Morgan fingerprint density at radius 1 is 0.955 bits per heavy atom. The van der Waals surface area contributed by atoms with Gasteiger partial charge in [0.1, 0.15) is 0 Å². The van der Waals surface area contributed by atoms with E-state index in [9.17, 15) is 0 Å². The first kappa shape index (κ1) is 18.2. The topological polar surface area (TPSA) is 36.9 Å². The Morgan fingerprint density at radius 3 is 2.18 bits per heavy atom. The van der Waals surface area contributed by atoms with Crippen LogP contribution in [0.15, 0.2) is 0 Å². The summed E-state index contributed by atoms with van der Waals surface area (Å²) in [7, 11) is 0. The largest absolute Gasteiger partial charge is 0.353 e. The standard InChI is InChI=1S/C18H34O4/c1-3-9-16(22-18-11-6-8-13-20-18)15(4-2)14-21-17-10-5-7-12-19-17/h15-18H,3-14H2,1-2H3. The molecule has 2 fully saturated rings. The lowest BCUT2D eigenvalue weighted by molar-refractivity contribution is -0.215. The van der Waals surface area contributed by atoms with E-state index in [2.05, 4.69) is 13.8 Å². The minimum absolute atomic E-state index is 0.00370. The highest BCUT2D eigenvalue weighted by Crippen LogP contribution is 2.25. The van der Waals surface area contributed by atoms with E-state index >= 15 is 0 Å². The summed E-state index contributed by atoms with van der Waals surface area (Å²) in [4.78, 5) is 0. The molecule has 0 saturated carbocycles. The van der Waals surface area contributed by atoms with Gasteiger partial charge in [-0.3, -0.25) is 0 Å². The van der Waals surface area contributed by atoms with Crippen molar-refractivity contribution in [1.82, 2.24) is 0 Å². The number of rotatable bonds is 9. The number of hydrogen-bond acceptors (Lipinski definition) is 4. The summed E-state index contributed by atoms with van der Waals surface area (Å²) in [5.41, 5.74) is 0. The third-order valence-corrected chi connectivity index (χ3v) is 4.72. The van der Waals surface area contributed by atoms with Crippen molar-refractivity contribution in [1.29, 1.82) is 0 Å². The molecule has 2 aliphatic heterocycles. The predicted molar refractivity (Wildman–Crippen MR) is 86.7 cm³/mol. The zero-order chi connectivity index (χ0) is 15.6. The van der Waals surface area contributed by atoms with Gasteiger partial charge in [-0.15, -0.1) is 0 Å². The summed E-state index contributed by atoms with van der Waals surface area (Å²) in [6.45, 7) is 6.86. The minimum Gasteiger partial charge on any atom is -0.353 e. The first-order valence-electron chi connectivity index (χ1n) is 9.33. The van der Waals surface area contributed by atoms with Crippen LogP contribution in [0.1, 0.15) is 71.6 Å². The van der Waals surface area contributed by atoms with Crippen molar-refractivity contribution in [2.75, 3.05) is 19.8 Å². The van der Waals surface area contributed by atoms with E-state index in [4.69, 9.17) is 18.9 Å². The molecule has 2 rings (SSSR count). The Hall–Kier alpha value is -0.160. The molecule has 0 radical (unpaired) electrons. The third-order valence-electron chi connectivity index (χ3n) is 4.72. The first-order valence-corrected chi connectivity index (χ1v) is 9.33. The normalized spacial score (nSPS) is 29.2. The smallest absolute Gasteiger partial charge is 0.157 e. The zero-order valence-electron chi connectivity index (χ0n) is 14.4. The lowest BCUT2D eigenvalue weighted by Crippen LogP contribution is -2.35. The van der Waals surface area contributed by atoms with E-state index in [-0.39, 0.29) is 18.7 Å². The number of ether oxygens (including phenoxy) is 4. The molecule has 2 heterocycles. The molecule has 0 aromatic rings. The van der Waals surface area contributed by atoms with Crippen LogP contribution < -0.4 is 0 Å². The molecule has 4 nitrogen and oxygen atoms in total. The molecular weight excluding hydrogens is 280 g/mol. The molecule has 4 unspecified atom stereocenters. The van der Waals surface area contributed by atoms with Crippen LogP contribution in [0.3, 0.4) is 0 Å². The predicted octanol–water partition coefficient (Wildman–Crippen LogP) is 4.27. The summed E-state index contributed by atoms with van der Waals surface area (Å²) in [5, 5.41) is 0. The maximum Gasteiger partial charge on any atom is 0.157 e. The Balaban J connectivity index is 1.79. The molecule has 0 aliphatic carbocycles. The summed E-state index contributed by atoms with van der Waals surface area (Å²) in [6.07, 6.45) is 10.3. The van der Waals surface area contributed by atoms with Gasteiger partial charge >= 0.3 is 0 Å². The molecule has 0 N–H and O–H groups in total. The van der Waals surface area contributed by atoms with Crippen molar-refractivity contribution in [3.8, 4) is 0 Å². The van der Waals surface area contributed by atoms with Gasteiger partial charge in [0.05, 0.1) is 12.7 Å². The fourth-order valence-electron chi connectivity index (χ4n) is 3.27. The van der Waals surface area contributed by atoms with Gasteiger partial charge in [0.25, 0.3) is 0 Å². The van der Waals surface area contributed by atoms with E-state index in [1.165, 1.54) is 12.8 Å². The average Bonchev–Trinajstić information content (AvgIpc) is 2.57. The minimum atomic E-state index is -0.00900. The average molecular weight is 314 g/mol. The molecule has 130 valence electrons. The maximum atomic E-state index is 6.28. The van der Waals surface area contributed by atoms with Crippen LogP contribution >= 0.6 is 0 Å². The second-order valence-corrected chi connectivity index (χ2v) is 6.56. The van der Waals surface area contributed by atoms with Gasteiger partial charge in [0, 0.05) is 19.1 Å². The van der Waals surface area contributed by atoms with Crippen LogP contribution in [-0.4, -0.2) is 38.5 Å².